The van der Waals surface area contributed by atoms with E-state index in [9.17, 15) is 18.0 Å². The van der Waals surface area contributed by atoms with Crippen molar-refractivity contribution in [2.75, 3.05) is 15.4 Å². The lowest BCUT2D eigenvalue weighted by Crippen LogP contribution is -2.29. The summed E-state index contributed by atoms with van der Waals surface area (Å²) in [5.41, 5.74) is 1.52. The molecular weight excluding hydrogens is 316 g/mol. The van der Waals surface area contributed by atoms with E-state index in [1.165, 1.54) is 31.2 Å². The van der Waals surface area contributed by atoms with Gasteiger partial charge in [0, 0.05) is 5.69 Å². The van der Waals surface area contributed by atoms with Gasteiger partial charge in [0.2, 0.25) is 10.0 Å². The maximum Gasteiger partial charge on any atom is 0.266 e. The van der Waals surface area contributed by atoms with E-state index >= 15 is 0 Å². The second-order valence-electron chi connectivity index (χ2n) is 5.04. The molecule has 2 aromatic rings. The molecule has 3 rings (SSSR count). The normalized spacial score (nSPS) is 14.0. The third-order valence-electron chi connectivity index (χ3n) is 3.57. The first-order valence-electron chi connectivity index (χ1n) is 7.01. The highest BCUT2D eigenvalue weighted by Gasteiger charge is 2.36. The number of benzene rings is 2. The van der Waals surface area contributed by atoms with Crippen LogP contribution in [0.3, 0.4) is 0 Å². The molecule has 1 aliphatic rings. The molecule has 0 saturated heterocycles. The number of sulfonamides is 1. The molecule has 0 bridgehead atoms. The van der Waals surface area contributed by atoms with Crippen LogP contribution in [-0.2, 0) is 10.0 Å². The number of carbonyl (C=O) groups is 2. The lowest BCUT2D eigenvalue weighted by Gasteiger charge is -2.14. The summed E-state index contributed by atoms with van der Waals surface area (Å²) in [7, 11) is -3.37. The standard InChI is InChI=1S/C16H14N2O4S/c1-2-23(21,22)17-11-7-9-12(10-8-11)18-15(19)13-5-3-4-6-14(13)16(18)20/h3-10,17H,2H2,1H3. The van der Waals surface area contributed by atoms with Gasteiger partial charge >= 0.3 is 0 Å². The Balaban J connectivity index is 1.90. The maximum absolute atomic E-state index is 12.4. The monoisotopic (exact) mass is 330 g/mol. The van der Waals surface area contributed by atoms with E-state index < -0.39 is 10.0 Å². The summed E-state index contributed by atoms with van der Waals surface area (Å²) in [5, 5.41) is 0. The summed E-state index contributed by atoms with van der Waals surface area (Å²) >= 11 is 0. The number of imide groups is 1. The molecule has 1 N–H and O–H groups in total. The topological polar surface area (TPSA) is 83.6 Å². The average molecular weight is 330 g/mol. The number of amides is 2. The van der Waals surface area contributed by atoms with Gasteiger partial charge in [-0.2, -0.15) is 0 Å². The van der Waals surface area contributed by atoms with Crippen molar-refractivity contribution in [3.05, 3.63) is 59.7 Å². The number of rotatable bonds is 4. The van der Waals surface area contributed by atoms with E-state index in [0.29, 0.717) is 22.5 Å². The summed E-state index contributed by atoms with van der Waals surface area (Å²) in [4.78, 5) is 25.8. The molecule has 0 spiro atoms. The third-order valence-corrected chi connectivity index (χ3v) is 4.88. The summed E-state index contributed by atoms with van der Waals surface area (Å²) in [6, 6.07) is 12.7. The molecule has 0 fully saturated rings. The number of hydrogen-bond acceptors (Lipinski definition) is 4. The van der Waals surface area contributed by atoms with Crippen LogP contribution in [0, 0.1) is 0 Å². The van der Waals surface area contributed by atoms with Gasteiger partial charge in [-0.05, 0) is 43.3 Å². The zero-order valence-corrected chi connectivity index (χ0v) is 13.1. The molecule has 118 valence electrons. The molecule has 0 atom stereocenters. The van der Waals surface area contributed by atoms with E-state index in [2.05, 4.69) is 4.72 Å². The molecule has 0 saturated carbocycles. The first-order chi connectivity index (χ1) is 10.9. The minimum Gasteiger partial charge on any atom is -0.284 e. The van der Waals surface area contributed by atoms with Crippen molar-refractivity contribution in [3.8, 4) is 0 Å². The van der Waals surface area contributed by atoms with Gasteiger partial charge < -0.3 is 0 Å². The molecule has 2 amide bonds. The molecule has 0 unspecified atom stereocenters. The van der Waals surface area contributed by atoms with E-state index in [1.54, 1.807) is 24.3 Å². The van der Waals surface area contributed by atoms with Crippen molar-refractivity contribution < 1.29 is 18.0 Å². The number of fused-ring (bicyclic) bond motifs is 1. The molecule has 2 aromatic carbocycles. The minimum atomic E-state index is -3.37. The quantitative estimate of drug-likeness (QED) is 0.872. The Labute approximate surface area is 133 Å². The molecular formula is C16H14N2O4S. The maximum atomic E-state index is 12.4. The van der Waals surface area contributed by atoms with Crippen molar-refractivity contribution in [1.82, 2.24) is 0 Å². The van der Waals surface area contributed by atoms with E-state index in [-0.39, 0.29) is 17.6 Å². The van der Waals surface area contributed by atoms with Gasteiger partial charge in [-0.3, -0.25) is 14.3 Å². The van der Waals surface area contributed by atoms with E-state index in [4.69, 9.17) is 0 Å². The molecule has 0 aromatic heterocycles. The van der Waals surface area contributed by atoms with Crippen molar-refractivity contribution in [3.63, 3.8) is 0 Å². The lowest BCUT2D eigenvalue weighted by molar-refractivity contribution is 0.0926. The molecule has 7 heteroatoms. The van der Waals surface area contributed by atoms with Crippen molar-refractivity contribution in [2.45, 2.75) is 6.92 Å². The minimum absolute atomic E-state index is 0.0346. The van der Waals surface area contributed by atoms with Crippen LogP contribution in [0.25, 0.3) is 0 Å². The van der Waals surface area contributed by atoms with Crippen LogP contribution in [-0.4, -0.2) is 26.0 Å². The smallest absolute Gasteiger partial charge is 0.266 e. The van der Waals surface area contributed by atoms with Crippen LogP contribution in [0.15, 0.2) is 48.5 Å². The van der Waals surface area contributed by atoms with Gasteiger partial charge in [0.25, 0.3) is 11.8 Å². The largest absolute Gasteiger partial charge is 0.284 e. The van der Waals surface area contributed by atoms with Crippen LogP contribution >= 0.6 is 0 Å². The second kappa shape index (κ2) is 5.51. The predicted octanol–water partition coefficient (Wildman–Crippen LogP) is 2.25. The highest BCUT2D eigenvalue weighted by Crippen LogP contribution is 2.29. The summed E-state index contributed by atoms with van der Waals surface area (Å²) in [6.07, 6.45) is 0. The first-order valence-corrected chi connectivity index (χ1v) is 8.66. The summed E-state index contributed by atoms with van der Waals surface area (Å²) < 4.78 is 25.5. The molecule has 0 aliphatic carbocycles. The van der Waals surface area contributed by atoms with Gasteiger partial charge in [-0.15, -0.1) is 0 Å². The van der Waals surface area contributed by atoms with Gasteiger partial charge in [0.15, 0.2) is 0 Å². The van der Waals surface area contributed by atoms with Crippen LogP contribution < -0.4 is 9.62 Å². The first kappa shape index (κ1) is 15.2. The lowest BCUT2D eigenvalue weighted by atomic mass is 10.1. The highest BCUT2D eigenvalue weighted by atomic mass is 32.2. The molecule has 1 aliphatic heterocycles. The molecule has 23 heavy (non-hydrogen) atoms. The average Bonchev–Trinajstić information content (AvgIpc) is 2.80. The fourth-order valence-electron chi connectivity index (χ4n) is 2.35. The Hall–Kier alpha value is -2.67. The summed E-state index contributed by atoms with van der Waals surface area (Å²) in [5.74, 6) is -0.798. The Morgan fingerprint density at radius 1 is 0.913 bits per heavy atom. The molecule has 0 radical (unpaired) electrons. The Bertz CT molecular complexity index is 854. The van der Waals surface area contributed by atoms with Crippen LogP contribution in [0.2, 0.25) is 0 Å². The number of hydrogen-bond donors (Lipinski definition) is 1. The van der Waals surface area contributed by atoms with Gasteiger partial charge in [0.1, 0.15) is 0 Å². The van der Waals surface area contributed by atoms with Crippen LogP contribution in [0.5, 0.6) is 0 Å². The van der Waals surface area contributed by atoms with Gasteiger partial charge in [-0.25, -0.2) is 13.3 Å². The number of nitrogens with one attached hydrogen (secondary N) is 1. The second-order valence-corrected chi connectivity index (χ2v) is 7.05. The molecule has 1 heterocycles. The van der Waals surface area contributed by atoms with Crippen LogP contribution in [0.4, 0.5) is 11.4 Å². The SMILES string of the molecule is CCS(=O)(=O)Nc1ccc(N2C(=O)c3ccccc3C2=O)cc1. The predicted molar refractivity (Wildman–Crippen MR) is 87.1 cm³/mol. The Kier molecular flexibility index (Phi) is 3.65. The number of nitrogens with zero attached hydrogens (tertiary/aromatic N) is 1. The van der Waals surface area contributed by atoms with Gasteiger partial charge in [0.05, 0.1) is 22.6 Å². The Morgan fingerprint density at radius 2 is 1.43 bits per heavy atom. The van der Waals surface area contributed by atoms with E-state index in [0.717, 1.165) is 4.90 Å². The van der Waals surface area contributed by atoms with E-state index in [1.807, 2.05) is 0 Å². The highest BCUT2D eigenvalue weighted by molar-refractivity contribution is 7.92. The number of carbonyl (C=O) groups excluding carboxylic acids is 2. The summed E-state index contributed by atoms with van der Waals surface area (Å²) in [6.45, 7) is 1.54. The van der Waals surface area contributed by atoms with Crippen molar-refractivity contribution in [1.29, 1.82) is 0 Å². The Morgan fingerprint density at radius 3 is 1.91 bits per heavy atom. The zero-order valence-electron chi connectivity index (χ0n) is 12.3. The fourth-order valence-corrected chi connectivity index (χ4v) is 2.99. The van der Waals surface area contributed by atoms with Crippen molar-refractivity contribution in [2.24, 2.45) is 0 Å². The third kappa shape index (κ3) is 2.70. The number of anilines is 2. The van der Waals surface area contributed by atoms with Gasteiger partial charge in [-0.1, -0.05) is 12.1 Å². The zero-order chi connectivity index (χ0) is 16.6. The fraction of sp³-hybridized carbons (Fsp3) is 0.125. The van der Waals surface area contributed by atoms with Crippen LogP contribution in [0.1, 0.15) is 27.6 Å². The van der Waals surface area contributed by atoms with Crippen molar-refractivity contribution >= 4 is 33.2 Å². The molecule has 6 nitrogen and oxygen atoms in total.